The SMILES string of the molecule is CCOc1cc([C@@H]2NC(=O)NC(C)=C2C(=O)OC)ccc1OC[C@H](O)N/N=C/c1cc(Br)c(OC(C)C)c(Br)c1. The summed E-state index contributed by atoms with van der Waals surface area (Å²) < 4.78 is 23.7. The molecule has 3 rings (SSSR count). The second kappa shape index (κ2) is 14.4. The van der Waals surface area contributed by atoms with Crippen molar-refractivity contribution in [1.82, 2.24) is 16.1 Å². The highest BCUT2D eigenvalue weighted by atomic mass is 79.9. The lowest BCUT2D eigenvalue weighted by atomic mass is 9.95. The first-order valence-electron chi connectivity index (χ1n) is 12.4. The molecule has 4 N–H and O–H groups in total. The van der Waals surface area contributed by atoms with Crippen molar-refractivity contribution in [1.29, 1.82) is 0 Å². The molecule has 0 saturated carbocycles. The number of amides is 2. The molecule has 0 radical (unpaired) electrons. The number of nitrogens with zero attached hydrogens (tertiary/aromatic N) is 1. The number of benzene rings is 2. The molecule has 11 nitrogen and oxygen atoms in total. The van der Waals surface area contributed by atoms with Gasteiger partial charge in [-0.3, -0.25) is 5.43 Å². The van der Waals surface area contributed by atoms with Crippen LogP contribution in [-0.4, -0.2) is 56.0 Å². The Labute approximate surface area is 249 Å². The molecule has 1 heterocycles. The maximum Gasteiger partial charge on any atom is 0.337 e. The monoisotopic (exact) mass is 682 g/mol. The first-order valence-corrected chi connectivity index (χ1v) is 14.0. The van der Waals surface area contributed by atoms with Gasteiger partial charge in [-0.2, -0.15) is 5.10 Å². The maximum atomic E-state index is 12.4. The summed E-state index contributed by atoms with van der Waals surface area (Å²) in [6, 6.07) is 7.52. The minimum Gasteiger partial charge on any atom is -0.490 e. The molecule has 0 spiro atoms. The minimum atomic E-state index is -1.12. The van der Waals surface area contributed by atoms with Crippen LogP contribution in [0, 0.1) is 0 Å². The largest absolute Gasteiger partial charge is 0.490 e. The van der Waals surface area contributed by atoms with Gasteiger partial charge in [0.25, 0.3) is 0 Å². The van der Waals surface area contributed by atoms with E-state index in [4.69, 9.17) is 18.9 Å². The van der Waals surface area contributed by atoms with Gasteiger partial charge in [-0.15, -0.1) is 0 Å². The van der Waals surface area contributed by atoms with Gasteiger partial charge in [-0.1, -0.05) is 6.07 Å². The zero-order valence-corrected chi connectivity index (χ0v) is 25.9. The van der Waals surface area contributed by atoms with Crippen LogP contribution < -0.4 is 30.3 Å². The molecule has 216 valence electrons. The lowest BCUT2D eigenvalue weighted by Crippen LogP contribution is -2.45. The zero-order chi connectivity index (χ0) is 29.4. The second-order valence-electron chi connectivity index (χ2n) is 8.90. The summed E-state index contributed by atoms with van der Waals surface area (Å²) in [7, 11) is 1.28. The van der Waals surface area contributed by atoms with Gasteiger partial charge in [-0.05, 0) is 94.9 Å². The molecule has 2 atom stereocenters. The Morgan fingerprint density at radius 2 is 1.88 bits per heavy atom. The van der Waals surface area contributed by atoms with E-state index in [0.717, 1.165) is 14.5 Å². The van der Waals surface area contributed by atoms with E-state index in [9.17, 15) is 14.7 Å². The van der Waals surface area contributed by atoms with Crippen LogP contribution in [0.15, 0.2) is 55.6 Å². The summed E-state index contributed by atoms with van der Waals surface area (Å²) in [6.07, 6.45) is 0.452. The molecule has 2 aromatic carbocycles. The minimum absolute atomic E-state index is 0.0205. The number of rotatable bonds is 12. The zero-order valence-electron chi connectivity index (χ0n) is 22.7. The summed E-state index contributed by atoms with van der Waals surface area (Å²) in [5.74, 6) is 0.871. The molecule has 0 unspecified atom stereocenters. The summed E-state index contributed by atoms with van der Waals surface area (Å²) >= 11 is 7.00. The van der Waals surface area contributed by atoms with E-state index in [0.29, 0.717) is 35.1 Å². The number of nitrogens with one attached hydrogen (secondary N) is 3. The second-order valence-corrected chi connectivity index (χ2v) is 10.6. The number of urea groups is 1. The summed E-state index contributed by atoms with van der Waals surface area (Å²) in [5, 5.41) is 19.8. The lowest BCUT2D eigenvalue weighted by Gasteiger charge is -2.28. The molecule has 2 aromatic rings. The number of halogens is 2. The van der Waals surface area contributed by atoms with E-state index in [1.165, 1.54) is 7.11 Å². The molecule has 2 amide bonds. The van der Waals surface area contributed by atoms with Crippen LogP contribution in [0.3, 0.4) is 0 Å². The van der Waals surface area contributed by atoms with Crippen molar-refractivity contribution in [2.24, 2.45) is 5.10 Å². The molecule has 0 aliphatic carbocycles. The molecule has 13 heteroatoms. The van der Waals surface area contributed by atoms with Gasteiger partial charge in [0.1, 0.15) is 12.4 Å². The number of esters is 1. The molecule has 0 bridgehead atoms. The van der Waals surface area contributed by atoms with E-state index in [2.05, 4.69) is 53.0 Å². The third kappa shape index (κ3) is 8.12. The highest BCUT2D eigenvalue weighted by Crippen LogP contribution is 2.36. The Bertz CT molecular complexity index is 1280. The van der Waals surface area contributed by atoms with Crippen molar-refractivity contribution in [3.05, 3.63) is 61.7 Å². The molecular weight excluding hydrogens is 652 g/mol. The van der Waals surface area contributed by atoms with Crippen LogP contribution in [-0.2, 0) is 9.53 Å². The Morgan fingerprint density at radius 3 is 2.50 bits per heavy atom. The average Bonchev–Trinajstić information content (AvgIpc) is 2.89. The quantitative estimate of drug-likeness (QED) is 0.111. The van der Waals surface area contributed by atoms with Crippen molar-refractivity contribution in [2.45, 2.75) is 46.1 Å². The smallest absolute Gasteiger partial charge is 0.337 e. The summed E-state index contributed by atoms with van der Waals surface area (Å²) in [4.78, 5) is 24.5. The van der Waals surface area contributed by atoms with Crippen LogP contribution >= 0.6 is 31.9 Å². The number of carbonyl (C=O) groups excluding carboxylic acids is 2. The molecular formula is C27H32Br2N4O7. The van der Waals surface area contributed by atoms with Crippen molar-refractivity contribution < 1.29 is 33.6 Å². The number of carbonyl (C=O) groups is 2. The fourth-order valence-electron chi connectivity index (χ4n) is 3.82. The van der Waals surface area contributed by atoms with E-state index < -0.39 is 24.3 Å². The lowest BCUT2D eigenvalue weighted by molar-refractivity contribution is -0.136. The number of hydrazone groups is 1. The highest BCUT2D eigenvalue weighted by molar-refractivity contribution is 9.11. The predicted octanol–water partition coefficient (Wildman–Crippen LogP) is 4.52. The van der Waals surface area contributed by atoms with Crippen molar-refractivity contribution in [2.75, 3.05) is 20.3 Å². The molecule has 40 heavy (non-hydrogen) atoms. The number of allylic oxidation sites excluding steroid dienone is 1. The summed E-state index contributed by atoms with van der Waals surface area (Å²) in [6.45, 7) is 7.54. The van der Waals surface area contributed by atoms with Crippen LogP contribution in [0.2, 0.25) is 0 Å². The number of methoxy groups -OCH3 is 1. The van der Waals surface area contributed by atoms with Crippen LogP contribution in [0.4, 0.5) is 4.79 Å². The third-order valence-electron chi connectivity index (χ3n) is 5.48. The fourth-order valence-corrected chi connectivity index (χ4v) is 5.23. The van der Waals surface area contributed by atoms with Crippen LogP contribution in [0.1, 0.15) is 44.9 Å². The van der Waals surface area contributed by atoms with E-state index in [-0.39, 0.29) is 18.3 Å². The topological polar surface area (TPSA) is 140 Å². The van der Waals surface area contributed by atoms with Crippen LogP contribution in [0.25, 0.3) is 0 Å². The van der Waals surface area contributed by atoms with Gasteiger partial charge in [0, 0.05) is 5.70 Å². The van der Waals surface area contributed by atoms with Crippen molar-refractivity contribution in [3.8, 4) is 17.2 Å². The van der Waals surface area contributed by atoms with Gasteiger partial charge in [0.2, 0.25) is 0 Å². The number of aliphatic hydroxyl groups is 1. The average molecular weight is 684 g/mol. The van der Waals surface area contributed by atoms with Gasteiger partial charge in [-0.25, -0.2) is 9.59 Å². The van der Waals surface area contributed by atoms with Crippen molar-refractivity contribution in [3.63, 3.8) is 0 Å². The van der Waals surface area contributed by atoms with Gasteiger partial charge in [0.05, 0.1) is 46.6 Å². The van der Waals surface area contributed by atoms with Gasteiger partial charge in [0.15, 0.2) is 17.7 Å². The highest BCUT2D eigenvalue weighted by Gasteiger charge is 2.32. The first-order chi connectivity index (χ1) is 19.0. The number of hydrogen-bond donors (Lipinski definition) is 4. The predicted molar refractivity (Wildman–Crippen MR) is 157 cm³/mol. The molecule has 0 fully saturated rings. The summed E-state index contributed by atoms with van der Waals surface area (Å²) in [5.41, 5.74) is 4.65. The molecule has 0 saturated heterocycles. The van der Waals surface area contributed by atoms with Gasteiger partial charge >= 0.3 is 12.0 Å². The Balaban J connectivity index is 1.68. The number of hydrogen-bond acceptors (Lipinski definition) is 9. The number of ether oxygens (including phenoxy) is 4. The van der Waals surface area contributed by atoms with E-state index in [1.54, 1.807) is 31.3 Å². The van der Waals surface area contributed by atoms with Crippen molar-refractivity contribution >= 4 is 50.1 Å². The third-order valence-corrected chi connectivity index (χ3v) is 6.66. The first kappa shape index (κ1) is 31.2. The molecule has 1 aliphatic heterocycles. The van der Waals surface area contributed by atoms with Crippen LogP contribution in [0.5, 0.6) is 17.2 Å². The fraction of sp³-hybridized carbons (Fsp3) is 0.370. The maximum absolute atomic E-state index is 12.4. The standard InChI is InChI=1S/C27H32Br2N4O7/c1-6-38-21-11-17(24-23(26(35)37-5)15(4)31-27(36)32-24)7-8-20(21)39-13-22(34)33-30-12-16-9-18(28)25(19(29)10-16)40-14(2)3/h7-12,14,22,24,33-34H,6,13H2,1-5H3,(H2,31,32,36)/b30-12+/t22-,24-/m0/s1. The van der Waals surface area contributed by atoms with Gasteiger partial charge < -0.3 is 34.7 Å². The number of aliphatic hydroxyl groups excluding tert-OH is 1. The molecule has 1 aliphatic rings. The van der Waals surface area contributed by atoms with E-state index in [1.807, 2.05) is 32.9 Å². The Hall–Kier alpha value is -3.29. The Morgan fingerprint density at radius 1 is 1.18 bits per heavy atom. The normalized spacial score (nSPS) is 15.9. The Kier molecular flexibility index (Phi) is 11.2. The molecule has 0 aromatic heterocycles. The van der Waals surface area contributed by atoms with E-state index >= 15 is 0 Å².